The number of aryl methyl sites for hydroxylation is 1. The van der Waals surface area contributed by atoms with Crippen molar-refractivity contribution < 1.29 is 9.59 Å². The van der Waals surface area contributed by atoms with E-state index in [1.54, 1.807) is 6.07 Å². The minimum Gasteiger partial charge on any atom is -0.397 e. The Morgan fingerprint density at radius 3 is 2.71 bits per heavy atom. The summed E-state index contributed by atoms with van der Waals surface area (Å²) in [7, 11) is 1.49. The highest BCUT2D eigenvalue weighted by Crippen LogP contribution is 2.25. The molecule has 5 nitrogen and oxygen atoms in total. The van der Waals surface area contributed by atoms with Crippen molar-refractivity contribution in [2.45, 2.75) is 19.4 Å². The number of carbonyl (C=O) groups is 2. The molecule has 0 aliphatic carbocycles. The lowest BCUT2D eigenvalue weighted by Crippen LogP contribution is -2.32. The molecular weight excluding hydrogens is 218 g/mol. The van der Waals surface area contributed by atoms with Gasteiger partial charge in [-0.15, -0.1) is 0 Å². The highest BCUT2D eigenvalue weighted by molar-refractivity contribution is 6.06. The quantitative estimate of drug-likeness (QED) is 0.583. The molecule has 1 unspecified atom stereocenters. The summed E-state index contributed by atoms with van der Waals surface area (Å²) in [4.78, 5) is 24.2. The van der Waals surface area contributed by atoms with Crippen LogP contribution in [-0.4, -0.2) is 29.8 Å². The first-order valence-corrected chi connectivity index (χ1v) is 5.42. The molecule has 1 saturated heterocycles. The monoisotopic (exact) mass is 233 g/mol. The van der Waals surface area contributed by atoms with Crippen molar-refractivity contribution in [1.82, 2.24) is 4.90 Å². The number of benzene rings is 1. The highest BCUT2D eigenvalue weighted by Gasteiger charge is 2.36. The molecule has 1 heterocycles. The first-order chi connectivity index (χ1) is 8.00. The van der Waals surface area contributed by atoms with Crippen LogP contribution in [0.2, 0.25) is 0 Å². The maximum Gasteiger partial charge on any atom is 0.251 e. The number of likely N-dealkylation sites (tertiary alicyclic amines) is 1. The van der Waals surface area contributed by atoms with E-state index in [1.807, 2.05) is 19.1 Å². The zero-order valence-electron chi connectivity index (χ0n) is 9.86. The number of nitrogens with one attached hydrogen (secondary N) is 1. The van der Waals surface area contributed by atoms with E-state index in [0.717, 1.165) is 10.5 Å². The Kier molecular flexibility index (Phi) is 2.75. The molecule has 17 heavy (non-hydrogen) atoms. The molecule has 2 rings (SSSR count). The van der Waals surface area contributed by atoms with Crippen LogP contribution in [0.5, 0.6) is 0 Å². The molecule has 0 bridgehead atoms. The van der Waals surface area contributed by atoms with Crippen molar-refractivity contribution in [3.05, 3.63) is 23.8 Å². The summed E-state index contributed by atoms with van der Waals surface area (Å²) in [6.45, 7) is 1.90. The van der Waals surface area contributed by atoms with Crippen LogP contribution in [0.25, 0.3) is 0 Å². The minimum absolute atomic E-state index is 0.168. The number of nitrogens with zero attached hydrogens (tertiary/aromatic N) is 1. The van der Waals surface area contributed by atoms with Gasteiger partial charge in [-0.3, -0.25) is 14.5 Å². The average Bonchev–Trinajstić information content (AvgIpc) is 2.53. The Morgan fingerprint density at radius 2 is 2.12 bits per heavy atom. The number of carbonyl (C=O) groups excluding carboxylic acids is 2. The first-order valence-electron chi connectivity index (χ1n) is 5.42. The number of amides is 2. The van der Waals surface area contributed by atoms with E-state index < -0.39 is 6.04 Å². The van der Waals surface area contributed by atoms with Crippen molar-refractivity contribution in [1.29, 1.82) is 0 Å². The minimum atomic E-state index is -0.503. The second-order valence-electron chi connectivity index (χ2n) is 4.23. The van der Waals surface area contributed by atoms with Gasteiger partial charge < -0.3 is 11.1 Å². The third kappa shape index (κ3) is 1.95. The lowest BCUT2D eigenvalue weighted by Gasteiger charge is -2.15. The van der Waals surface area contributed by atoms with Crippen LogP contribution in [0.15, 0.2) is 18.2 Å². The van der Waals surface area contributed by atoms with Gasteiger partial charge in [0.05, 0.1) is 17.8 Å². The fourth-order valence-corrected chi connectivity index (χ4v) is 1.86. The molecule has 3 N–H and O–H groups in total. The summed E-state index contributed by atoms with van der Waals surface area (Å²) in [5, 5.41) is 3.02. The van der Waals surface area contributed by atoms with Crippen LogP contribution >= 0.6 is 0 Å². The summed E-state index contributed by atoms with van der Waals surface area (Å²) >= 11 is 0. The van der Waals surface area contributed by atoms with Crippen LogP contribution < -0.4 is 11.1 Å². The second kappa shape index (κ2) is 4.08. The van der Waals surface area contributed by atoms with E-state index in [2.05, 4.69) is 5.32 Å². The first kappa shape index (κ1) is 11.4. The molecular formula is C12H15N3O2. The second-order valence-corrected chi connectivity index (χ2v) is 4.23. The normalized spacial score (nSPS) is 19.9. The Balaban J connectivity index is 2.20. The number of hydrogen-bond donors (Lipinski definition) is 2. The van der Waals surface area contributed by atoms with E-state index in [0.29, 0.717) is 11.4 Å². The van der Waals surface area contributed by atoms with Gasteiger partial charge in [0, 0.05) is 7.05 Å². The maximum absolute atomic E-state index is 11.7. The lowest BCUT2D eigenvalue weighted by atomic mass is 10.1. The zero-order valence-corrected chi connectivity index (χ0v) is 9.86. The van der Waals surface area contributed by atoms with E-state index in [4.69, 9.17) is 5.73 Å². The molecule has 5 heteroatoms. The van der Waals surface area contributed by atoms with Crippen molar-refractivity contribution in [2.75, 3.05) is 18.1 Å². The van der Waals surface area contributed by atoms with Gasteiger partial charge in [0.15, 0.2) is 0 Å². The molecule has 1 aromatic rings. The van der Waals surface area contributed by atoms with Crippen LogP contribution in [0.3, 0.4) is 0 Å². The fraction of sp³-hybridized carbons (Fsp3) is 0.333. The predicted molar refractivity (Wildman–Crippen MR) is 65.4 cm³/mol. The van der Waals surface area contributed by atoms with E-state index in [1.165, 1.54) is 7.05 Å². The number of hydrogen-bond acceptors (Lipinski definition) is 4. The van der Waals surface area contributed by atoms with Gasteiger partial charge in [-0.25, -0.2) is 0 Å². The van der Waals surface area contributed by atoms with E-state index in [-0.39, 0.29) is 18.2 Å². The number of anilines is 2. The zero-order chi connectivity index (χ0) is 12.6. The largest absolute Gasteiger partial charge is 0.397 e. The Labute approximate surface area is 99.6 Å². The Hall–Kier alpha value is -2.04. The van der Waals surface area contributed by atoms with Gasteiger partial charge in [-0.1, -0.05) is 12.1 Å². The van der Waals surface area contributed by atoms with Crippen molar-refractivity contribution in [2.24, 2.45) is 0 Å². The van der Waals surface area contributed by atoms with Gasteiger partial charge in [-0.05, 0) is 18.6 Å². The van der Waals surface area contributed by atoms with Crippen LogP contribution in [0.4, 0.5) is 11.4 Å². The molecule has 1 fully saturated rings. The number of nitrogens with two attached hydrogens (primary N) is 1. The number of imide groups is 1. The Morgan fingerprint density at radius 1 is 1.41 bits per heavy atom. The summed E-state index contributed by atoms with van der Waals surface area (Å²) < 4.78 is 0. The van der Waals surface area contributed by atoms with Gasteiger partial charge in [0.25, 0.3) is 5.91 Å². The fourth-order valence-electron chi connectivity index (χ4n) is 1.86. The smallest absolute Gasteiger partial charge is 0.251 e. The van der Waals surface area contributed by atoms with Crippen molar-refractivity contribution >= 4 is 23.2 Å². The molecule has 0 spiro atoms. The predicted octanol–water partition coefficient (Wildman–Crippen LogP) is 0.746. The van der Waals surface area contributed by atoms with Crippen LogP contribution in [-0.2, 0) is 9.59 Å². The third-order valence-corrected chi connectivity index (χ3v) is 3.04. The highest BCUT2D eigenvalue weighted by atomic mass is 16.2. The van der Waals surface area contributed by atoms with E-state index >= 15 is 0 Å². The molecule has 0 radical (unpaired) electrons. The van der Waals surface area contributed by atoms with Crippen molar-refractivity contribution in [3.63, 3.8) is 0 Å². The third-order valence-electron chi connectivity index (χ3n) is 3.04. The molecule has 0 aromatic heterocycles. The molecule has 90 valence electrons. The van der Waals surface area contributed by atoms with Gasteiger partial charge in [-0.2, -0.15) is 0 Å². The summed E-state index contributed by atoms with van der Waals surface area (Å²) in [6, 6.07) is 5.06. The summed E-state index contributed by atoms with van der Waals surface area (Å²) in [6.07, 6.45) is 0.183. The number of nitrogen functional groups attached to an aromatic ring is 1. The van der Waals surface area contributed by atoms with E-state index in [9.17, 15) is 9.59 Å². The standard InChI is InChI=1S/C12H15N3O2/c1-7-4-3-5-8(11(7)13)14-9-6-10(16)15(2)12(9)17/h3-5,9,14H,6,13H2,1-2H3. The number of rotatable bonds is 2. The number of para-hydroxylation sites is 1. The molecule has 1 atom stereocenters. The molecule has 1 aliphatic rings. The van der Waals surface area contributed by atoms with Crippen LogP contribution in [0.1, 0.15) is 12.0 Å². The molecule has 0 saturated carbocycles. The maximum atomic E-state index is 11.7. The lowest BCUT2D eigenvalue weighted by molar-refractivity contribution is -0.136. The summed E-state index contributed by atoms with van der Waals surface area (Å²) in [5.41, 5.74) is 8.16. The van der Waals surface area contributed by atoms with Crippen molar-refractivity contribution in [3.8, 4) is 0 Å². The SMILES string of the molecule is Cc1cccc(NC2CC(=O)N(C)C2=O)c1N. The summed E-state index contributed by atoms with van der Waals surface area (Å²) in [5.74, 6) is -0.380. The Bertz CT molecular complexity index is 485. The topological polar surface area (TPSA) is 75.4 Å². The number of likely N-dealkylation sites (N-methyl/N-ethyl adjacent to an activating group) is 1. The van der Waals surface area contributed by atoms with Gasteiger partial charge in [0.2, 0.25) is 5.91 Å². The van der Waals surface area contributed by atoms with Gasteiger partial charge >= 0.3 is 0 Å². The molecule has 1 aromatic carbocycles. The molecule has 1 aliphatic heterocycles. The average molecular weight is 233 g/mol. The van der Waals surface area contributed by atoms with Crippen LogP contribution in [0, 0.1) is 6.92 Å². The van der Waals surface area contributed by atoms with Gasteiger partial charge in [0.1, 0.15) is 6.04 Å². The molecule has 2 amide bonds.